The summed E-state index contributed by atoms with van der Waals surface area (Å²) in [6.45, 7) is 7.37. The predicted molar refractivity (Wildman–Crippen MR) is 118 cm³/mol. The Morgan fingerprint density at radius 3 is 2.65 bits per heavy atom. The van der Waals surface area contributed by atoms with E-state index in [0.29, 0.717) is 36.0 Å². The fourth-order valence-electron chi connectivity index (χ4n) is 4.46. The number of fused-ring (bicyclic) bond motifs is 1. The van der Waals surface area contributed by atoms with Crippen LogP contribution in [0, 0.1) is 6.92 Å². The molecule has 0 bridgehead atoms. The summed E-state index contributed by atoms with van der Waals surface area (Å²) >= 11 is 0. The van der Waals surface area contributed by atoms with Gasteiger partial charge in [-0.15, -0.1) is 10.2 Å². The SMILES string of the molecule is CCn1c(C)nnc1-c1cccc(N2Cc3c(cc(N4CCCC4)nc3CN)C2=O)n1. The van der Waals surface area contributed by atoms with E-state index in [1.165, 1.54) is 0 Å². The van der Waals surface area contributed by atoms with Crippen molar-refractivity contribution < 1.29 is 4.79 Å². The van der Waals surface area contributed by atoms with E-state index in [2.05, 4.69) is 15.1 Å². The van der Waals surface area contributed by atoms with E-state index >= 15 is 0 Å². The normalized spacial score (nSPS) is 15.8. The van der Waals surface area contributed by atoms with Crippen molar-refractivity contribution in [3.05, 3.63) is 46.9 Å². The first kappa shape index (κ1) is 19.6. The zero-order valence-electron chi connectivity index (χ0n) is 17.9. The van der Waals surface area contributed by atoms with Crippen molar-refractivity contribution in [1.82, 2.24) is 24.7 Å². The number of nitrogens with zero attached hydrogens (tertiary/aromatic N) is 7. The first-order chi connectivity index (χ1) is 15.1. The van der Waals surface area contributed by atoms with Gasteiger partial charge in [-0.2, -0.15) is 0 Å². The fourth-order valence-corrected chi connectivity index (χ4v) is 4.46. The Kier molecular flexibility index (Phi) is 4.90. The predicted octanol–water partition coefficient (Wildman–Crippen LogP) is 2.28. The summed E-state index contributed by atoms with van der Waals surface area (Å²) in [4.78, 5) is 26.8. The van der Waals surface area contributed by atoms with Crippen LogP contribution in [-0.2, 0) is 19.6 Å². The monoisotopic (exact) mass is 418 g/mol. The fraction of sp³-hybridized carbons (Fsp3) is 0.409. The molecule has 2 aliphatic rings. The molecule has 5 rings (SSSR count). The number of carbonyl (C=O) groups excluding carboxylic acids is 1. The summed E-state index contributed by atoms with van der Waals surface area (Å²) in [6.07, 6.45) is 2.30. The van der Waals surface area contributed by atoms with Crippen molar-refractivity contribution in [1.29, 1.82) is 0 Å². The largest absolute Gasteiger partial charge is 0.357 e. The molecule has 0 spiro atoms. The van der Waals surface area contributed by atoms with Gasteiger partial charge in [-0.25, -0.2) is 9.97 Å². The molecule has 0 aromatic carbocycles. The van der Waals surface area contributed by atoms with Crippen molar-refractivity contribution in [3.8, 4) is 11.5 Å². The van der Waals surface area contributed by atoms with E-state index in [0.717, 1.165) is 55.4 Å². The molecule has 3 aromatic heterocycles. The lowest BCUT2D eigenvalue weighted by Gasteiger charge is -2.18. The van der Waals surface area contributed by atoms with Crippen molar-refractivity contribution in [2.45, 2.75) is 46.3 Å². The van der Waals surface area contributed by atoms with Crippen LogP contribution < -0.4 is 15.5 Å². The van der Waals surface area contributed by atoms with E-state index in [-0.39, 0.29) is 5.91 Å². The maximum atomic E-state index is 13.4. The van der Waals surface area contributed by atoms with E-state index in [1.54, 1.807) is 4.90 Å². The van der Waals surface area contributed by atoms with Gasteiger partial charge in [0.15, 0.2) is 5.82 Å². The minimum atomic E-state index is -0.0645. The van der Waals surface area contributed by atoms with Crippen molar-refractivity contribution in [2.24, 2.45) is 5.73 Å². The van der Waals surface area contributed by atoms with Gasteiger partial charge < -0.3 is 15.2 Å². The van der Waals surface area contributed by atoms with Gasteiger partial charge in [-0.1, -0.05) is 6.07 Å². The highest BCUT2D eigenvalue weighted by atomic mass is 16.2. The zero-order valence-corrected chi connectivity index (χ0v) is 17.9. The van der Waals surface area contributed by atoms with Gasteiger partial charge in [-0.3, -0.25) is 9.69 Å². The maximum Gasteiger partial charge on any atom is 0.260 e. The lowest BCUT2D eigenvalue weighted by molar-refractivity contribution is 0.0996. The van der Waals surface area contributed by atoms with Crippen LogP contribution in [0.15, 0.2) is 24.3 Å². The highest BCUT2D eigenvalue weighted by Crippen LogP contribution is 2.33. The van der Waals surface area contributed by atoms with Crippen LogP contribution in [0.5, 0.6) is 0 Å². The molecule has 0 saturated carbocycles. The molecule has 3 aromatic rings. The number of aromatic nitrogens is 5. The van der Waals surface area contributed by atoms with Crippen molar-refractivity contribution in [3.63, 3.8) is 0 Å². The van der Waals surface area contributed by atoms with Crippen LogP contribution in [0.4, 0.5) is 11.6 Å². The molecule has 1 fully saturated rings. The molecular weight excluding hydrogens is 392 g/mol. The number of hydrogen-bond acceptors (Lipinski definition) is 7. The number of aryl methyl sites for hydroxylation is 1. The average Bonchev–Trinajstić information content (AvgIpc) is 3.53. The third-order valence-electron chi connectivity index (χ3n) is 6.10. The minimum absolute atomic E-state index is 0.0645. The Morgan fingerprint density at radius 2 is 1.90 bits per heavy atom. The Morgan fingerprint density at radius 1 is 1.10 bits per heavy atom. The number of anilines is 2. The number of hydrogen-bond donors (Lipinski definition) is 1. The summed E-state index contributed by atoms with van der Waals surface area (Å²) in [5.74, 6) is 2.91. The molecule has 5 heterocycles. The second-order valence-electron chi connectivity index (χ2n) is 7.94. The molecule has 31 heavy (non-hydrogen) atoms. The molecule has 0 unspecified atom stereocenters. The first-order valence-corrected chi connectivity index (χ1v) is 10.8. The summed E-state index contributed by atoms with van der Waals surface area (Å²) in [7, 11) is 0. The topological polar surface area (TPSA) is 106 Å². The average molecular weight is 419 g/mol. The molecule has 1 saturated heterocycles. The van der Waals surface area contributed by atoms with Crippen LogP contribution in [-0.4, -0.2) is 43.7 Å². The highest BCUT2D eigenvalue weighted by Gasteiger charge is 2.33. The molecular formula is C22H26N8O. The van der Waals surface area contributed by atoms with E-state index < -0.39 is 0 Å². The second-order valence-corrected chi connectivity index (χ2v) is 7.94. The Balaban J connectivity index is 1.51. The molecule has 0 aliphatic carbocycles. The number of pyridine rings is 2. The Hall–Kier alpha value is -3.33. The number of rotatable bonds is 5. The van der Waals surface area contributed by atoms with Crippen LogP contribution >= 0.6 is 0 Å². The lowest BCUT2D eigenvalue weighted by Crippen LogP contribution is -2.24. The van der Waals surface area contributed by atoms with E-state index in [4.69, 9.17) is 15.7 Å². The summed E-state index contributed by atoms with van der Waals surface area (Å²) in [5, 5.41) is 8.46. The van der Waals surface area contributed by atoms with Crippen molar-refractivity contribution in [2.75, 3.05) is 22.9 Å². The Bertz CT molecular complexity index is 1150. The van der Waals surface area contributed by atoms with Gasteiger partial charge in [0.1, 0.15) is 23.2 Å². The highest BCUT2D eigenvalue weighted by molar-refractivity contribution is 6.10. The zero-order chi connectivity index (χ0) is 21.5. The quantitative estimate of drug-likeness (QED) is 0.677. The van der Waals surface area contributed by atoms with Crippen LogP contribution in [0.3, 0.4) is 0 Å². The van der Waals surface area contributed by atoms with Gasteiger partial charge in [0.05, 0.1) is 17.8 Å². The third kappa shape index (κ3) is 3.25. The Labute approximate surface area is 180 Å². The van der Waals surface area contributed by atoms with E-state index in [1.807, 2.05) is 42.7 Å². The van der Waals surface area contributed by atoms with Gasteiger partial charge in [0.2, 0.25) is 0 Å². The third-order valence-corrected chi connectivity index (χ3v) is 6.10. The minimum Gasteiger partial charge on any atom is -0.357 e. The van der Waals surface area contributed by atoms with Crippen LogP contribution in [0.2, 0.25) is 0 Å². The summed E-state index contributed by atoms with van der Waals surface area (Å²) in [6, 6.07) is 7.56. The molecule has 1 amide bonds. The number of carbonyl (C=O) groups is 1. The van der Waals surface area contributed by atoms with Crippen LogP contribution in [0.1, 0.15) is 47.2 Å². The molecule has 2 N–H and O–H groups in total. The van der Waals surface area contributed by atoms with Gasteiger partial charge in [-0.05, 0) is 44.9 Å². The second kappa shape index (κ2) is 7.73. The standard InChI is InChI=1S/C22H26N8O/c1-3-29-14(2)26-27-21(29)17-7-6-8-19(24-17)30-13-16-15(22(30)31)11-20(25-18(16)12-23)28-9-4-5-10-28/h6-8,11H,3-5,9-10,12-13,23H2,1-2H3. The number of amides is 1. The van der Waals surface area contributed by atoms with Crippen molar-refractivity contribution >= 4 is 17.5 Å². The molecule has 9 heteroatoms. The van der Waals surface area contributed by atoms with Gasteiger partial charge in [0.25, 0.3) is 5.91 Å². The van der Waals surface area contributed by atoms with Crippen LogP contribution in [0.25, 0.3) is 11.5 Å². The van der Waals surface area contributed by atoms with E-state index in [9.17, 15) is 4.79 Å². The molecule has 9 nitrogen and oxygen atoms in total. The smallest absolute Gasteiger partial charge is 0.260 e. The number of nitrogens with two attached hydrogens (primary N) is 1. The molecule has 0 atom stereocenters. The first-order valence-electron chi connectivity index (χ1n) is 10.8. The molecule has 0 radical (unpaired) electrons. The maximum absolute atomic E-state index is 13.4. The summed E-state index contributed by atoms with van der Waals surface area (Å²) in [5.41, 5.74) is 9.06. The summed E-state index contributed by atoms with van der Waals surface area (Å²) < 4.78 is 2.01. The lowest BCUT2D eigenvalue weighted by atomic mass is 10.1. The molecule has 160 valence electrons. The van der Waals surface area contributed by atoms with Gasteiger partial charge >= 0.3 is 0 Å². The van der Waals surface area contributed by atoms with Gasteiger partial charge in [0, 0.05) is 31.7 Å². The molecule has 2 aliphatic heterocycles.